The molecule has 0 atom stereocenters. The molecular formula is C12H10N2O4SZn. The molecular weight excluding hydrogens is 334 g/mol. The summed E-state index contributed by atoms with van der Waals surface area (Å²) in [7, 11) is -4.67. The average molecular weight is 344 g/mol. The van der Waals surface area contributed by atoms with E-state index in [1.54, 1.807) is 0 Å². The first-order chi connectivity index (χ1) is 9.43. The van der Waals surface area contributed by atoms with Crippen LogP contribution in [0.25, 0.3) is 12.2 Å². The number of benzene rings is 1. The molecule has 0 bridgehead atoms. The Bertz CT molecular complexity index is 782. The maximum absolute atomic E-state index is 8.74. The van der Waals surface area contributed by atoms with Gasteiger partial charge in [-0.1, -0.05) is 0 Å². The van der Waals surface area contributed by atoms with Gasteiger partial charge in [-0.15, -0.1) is 0 Å². The Morgan fingerprint density at radius 1 is 0.900 bits per heavy atom. The standard InChI is InChI=1S/C12H8N2.H2O4S.Zn/c1-3-9-5-6-10-4-2-8-14-12(10)11(9)13-7-1;1-5(2,3)4;/h1-8H;(H2,1,2,3,4);/q-2;;+2. The van der Waals surface area contributed by atoms with Crippen LogP contribution in [0.1, 0.15) is 0 Å². The second-order valence-electron chi connectivity index (χ2n) is 4.49. The summed E-state index contributed by atoms with van der Waals surface area (Å²) < 4.78 is 36.6. The van der Waals surface area contributed by atoms with Gasteiger partial charge in [0.15, 0.2) is 0 Å². The van der Waals surface area contributed by atoms with Gasteiger partial charge in [0.1, 0.15) is 0 Å². The van der Waals surface area contributed by atoms with Gasteiger partial charge in [-0.05, 0) is 0 Å². The van der Waals surface area contributed by atoms with Crippen LogP contribution in [0.15, 0.2) is 36.7 Å². The molecule has 0 amide bonds. The minimum atomic E-state index is -4.67. The number of anilines is 2. The molecule has 0 saturated heterocycles. The van der Waals surface area contributed by atoms with Crippen LogP contribution < -0.4 is 17.7 Å². The Kier molecular flexibility index (Phi) is 3.26. The molecule has 6 nitrogen and oxygen atoms in total. The van der Waals surface area contributed by atoms with E-state index < -0.39 is 28.0 Å². The van der Waals surface area contributed by atoms with E-state index in [0.29, 0.717) is 0 Å². The fourth-order valence-corrected chi connectivity index (χ4v) is 6.12. The minimum absolute atomic E-state index is 0.827. The van der Waals surface area contributed by atoms with Gasteiger partial charge in [0.25, 0.3) is 0 Å². The van der Waals surface area contributed by atoms with E-state index in [1.807, 2.05) is 0 Å². The first-order valence-electron chi connectivity index (χ1n) is 5.87. The molecule has 1 aromatic carbocycles. The van der Waals surface area contributed by atoms with Gasteiger partial charge < -0.3 is 0 Å². The molecule has 0 fully saturated rings. The Morgan fingerprint density at radius 2 is 1.30 bits per heavy atom. The molecule has 100 valence electrons. The third-order valence-corrected chi connectivity index (χ3v) is 6.67. The minimum Gasteiger partial charge on any atom is -0.264 e. The zero-order chi connectivity index (χ0) is 14.3. The predicted molar refractivity (Wildman–Crippen MR) is 72.0 cm³/mol. The zero-order valence-corrected chi connectivity index (χ0v) is 14.1. The van der Waals surface area contributed by atoms with Crippen LogP contribution >= 0.6 is 0 Å². The largest absolute Gasteiger partial charge is 0.394 e. The number of hydrogen-bond donors (Lipinski definition) is 2. The average Bonchev–Trinajstić information content (AvgIpc) is 2.74. The van der Waals surface area contributed by atoms with Crippen LogP contribution in [0, 0.1) is 0 Å². The summed E-state index contributed by atoms with van der Waals surface area (Å²) in [5, 5.41) is 2.74. The Balaban J connectivity index is 0.000000213. The number of rotatable bonds is 0. The maximum atomic E-state index is 8.74. The number of hydrogen-bond acceptors (Lipinski definition) is 4. The van der Waals surface area contributed by atoms with Crippen LogP contribution in [-0.4, -0.2) is 17.5 Å². The summed E-state index contributed by atoms with van der Waals surface area (Å²) in [6.45, 7) is 0. The summed E-state index contributed by atoms with van der Waals surface area (Å²) in [6, 6.07) is 4.46. The van der Waals surface area contributed by atoms with Crippen molar-refractivity contribution in [2.45, 2.75) is 0 Å². The van der Waals surface area contributed by atoms with Crippen molar-refractivity contribution in [1.82, 2.24) is 0 Å². The van der Waals surface area contributed by atoms with E-state index in [0.717, 1.165) is 0 Å². The normalized spacial score (nSPS) is 16.1. The molecule has 0 unspecified atom stereocenters. The topological polar surface area (TPSA) is 81.1 Å². The third kappa shape index (κ3) is 2.55. The van der Waals surface area contributed by atoms with E-state index in [1.165, 1.54) is 21.8 Å². The molecule has 0 spiro atoms. The molecule has 2 N–H and O–H groups in total. The summed E-state index contributed by atoms with van der Waals surface area (Å²) >= 11 is -0.827. The van der Waals surface area contributed by atoms with Gasteiger partial charge in [-0.2, -0.15) is 8.42 Å². The molecule has 3 aliphatic heterocycles. The van der Waals surface area contributed by atoms with Crippen LogP contribution in [0.2, 0.25) is 0 Å². The van der Waals surface area contributed by atoms with Crippen molar-refractivity contribution in [2.75, 3.05) is 7.29 Å². The van der Waals surface area contributed by atoms with Crippen LogP contribution in [-0.2, 0) is 28.0 Å². The quantitative estimate of drug-likeness (QED) is 0.517. The molecule has 0 saturated carbocycles. The van der Waals surface area contributed by atoms with Crippen LogP contribution in [0.3, 0.4) is 0 Å². The molecule has 4 rings (SSSR count). The SMILES string of the molecule is C1=C[N]2[Zn][N]3C=CC=c4ccc(c2c43)=C1.O=S(=O)(O)O. The van der Waals surface area contributed by atoms with Crippen molar-refractivity contribution in [1.29, 1.82) is 0 Å². The maximum Gasteiger partial charge on any atom is 0.394 e. The fourth-order valence-electron chi connectivity index (χ4n) is 2.53. The summed E-state index contributed by atoms with van der Waals surface area (Å²) in [5.74, 6) is 0. The Labute approximate surface area is 123 Å². The molecule has 0 aliphatic carbocycles. The van der Waals surface area contributed by atoms with Crippen molar-refractivity contribution < 1.29 is 35.1 Å². The molecule has 3 heterocycles. The van der Waals surface area contributed by atoms with Crippen LogP contribution in [0.5, 0.6) is 0 Å². The van der Waals surface area contributed by atoms with Gasteiger partial charge in [-0.25, -0.2) is 0 Å². The number of allylic oxidation sites excluding steroid dienone is 2. The van der Waals surface area contributed by atoms with E-state index in [9.17, 15) is 0 Å². The second-order valence-corrected chi connectivity index (χ2v) is 8.83. The Hall–Kier alpha value is -1.47. The first-order valence-corrected chi connectivity index (χ1v) is 9.92. The van der Waals surface area contributed by atoms with Gasteiger partial charge >= 0.3 is 106 Å². The Morgan fingerprint density at radius 3 is 1.70 bits per heavy atom. The van der Waals surface area contributed by atoms with Crippen molar-refractivity contribution >= 4 is 33.9 Å². The second kappa shape index (κ2) is 4.82. The molecule has 20 heavy (non-hydrogen) atoms. The fraction of sp³-hybridized carbons (Fsp3) is 0. The summed E-state index contributed by atoms with van der Waals surface area (Å²) in [5.41, 5.74) is 2.88. The van der Waals surface area contributed by atoms with Crippen molar-refractivity contribution in [3.8, 4) is 0 Å². The predicted octanol–water partition coefficient (Wildman–Crippen LogP) is 0.188. The van der Waals surface area contributed by atoms with Crippen molar-refractivity contribution in [3.63, 3.8) is 0 Å². The van der Waals surface area contributed by atoms with Gasteiger partial charge in [0.2, 0.25) is 0 Å². The van der Waals surface area contributed by atoms with Gasteiger partial charge in [-0.3, -0.25) is 9.11 Å². The molecule has 3 aliphatic rings. The smallest absolute Gasteiger partial charge is 0.264 e. The molecule has 1 aromatic rings. The zero-order valence-electron chi connectivity index (χ0n) is 10.3. The van der Waals surface area contributed by atoms with Crippen molar-refractivity contribution in [2.24, 2.45) is 0 Å². The van der Waals surface area contributed by atoms with E-state index in [4.69, 9.17) is 17.5 Å². The van der Waals surface area contributed by atoms with E-state index in [2.05, 4.69) is 56.1 Å². The summed E-state index contributed by atoms with van der Waals surface area (Å²) in [4.78, 5) is 0. The van der Waals surface area contributed by atoms with Gasteiger partial charge in [0, 0.05) is 0 Å². The van der Waals surface area contributed by atoms with E-state index >= 15 is 0 Å². The monoisotopic (exact) mass is 342 g/mol. The molecule has 8 heteroatoms. The van der Waals surface area contributed by atoms with Gasteiger partial charge in [0.05, 0.1) is 0 Å². The van der Waals surface area contributed by atoms with Crippen LogP contribution in [0.4, 0.5) is 11.4 Å². The molecule has 0 radical (unpaired) electrons. The first kappa shape index (κ1) is 13.5. The number of nitrogens with zero attached hydrogens (tertiary/aromatic N) is 2. The van der Waals surface area contributed by atoms with Crippen molar-refractivity contribution in [3.05, 3.63) is 47.1 Å². The third-order valence-electron chi connectivity index (χ3n) is 3.18. The summed E-state index contributed by atoms with van der Waals surface area (Å²) in [6.07, 6.45) is 13.2. The molecule has 0 aromatic heterocycles. The van der Waals surface area contributed by atoms with E-state index in [-0.39, 0.29) is 0 Å².